The molecule has 0 bridgehead atoms. The fourth-order valence-corrected chi connectivity index (χ4v) is 4.67. The zero-order valence-electron chi connectivity index (χ0n) is 20.4. The number of nitrogens with one attached hydrogen (secondary N) is 2. The molecule has 0 unspecified atom stereocenters. The molecule has 0 spiro atoms. The first-order valence-electron chi connectivity index (χ1n) is 12.4. The second kappa shape index (κ2) is 10.9. The number of aliphatic imine (C=N–C) groups is 1. The smallest absolute Gasteiger partial charge is 0.303 e. The first-order chi connectivity index (χ1) is 18.0. The van der Waals surface area contributed by atoms with Gasteiger partial charge in [0, 0.05) is 50.1 Å². The lowest BCUT2D eigenvalue weighted by Gasteiger charge is -2.27. The molecule has 37 heavy (non-hydrogen) atoms. The summed E-state index contributed by atoms with van der Waals surface area (Å²) in [6.45, 7) is 4.92. The third-order valence-electron chi connectivity index (χ3n) is 6.63. The van der Waals surface area contributed by atoms with Gasteiger partial charge in [-0.3, -0.25) is 9.69 Å². The van der Waals surface area contributed by atoms with E-state index in [0.717, 1.165) is 49.5 Å². The normalized spacial score (nSPS) is 14.8. The number of H-pyrrole nitrogens is 1. The predicted molar refractivity (Wildman–Crippen MR) is 142 cm³/mol. The minimum atomic E-state index is -0.845. The zero-order chi connectivity index (χ0) is 25.8. The van der Waals surface area contributed by atoms with Gasteiger partial charge < -0.3 is 20.5 Å². The molecule has 3 aromatic carbocycles. The second-order valence-corrected chi connectivity index (χ2v) is 9.28. The minimum Gasteiger partial charge on any atom is -0.494 e. The number of aryl methyl sites for hydroxylation is 1. The van der Waals surface area contributed by atoms with Crippen LogP contribution in [0.1, 0.15) is 28.7 Å². The Morgan fingerprint density at radius 1 is 0.973 bits per heavy atom. The van der Waals surface area contributed by atoms with Crippen molar-refractivity contribution >= 4 is 28.3 Å². The predicted octanol–water partition coefficient (Wildman–Crippen LogP) is 4.60. The number of hydrogen-bond donors (Lipinski definition) is 4. The van der Waals surface area contributed by atoms with Gasteiger partial charge in [-0.1, -0.05) is 36.4 Å². The van der Waals surface area contributed by atoms with E-state index < -0.39 is 11.8 Å². The Morgan fingerprint density at radius 2 is 1.68 bits per heavy atom. The molecule has 4 N–H and O–H groups in total. The highest BCUT2D eigenvalue weighted by Crippen LogP contribution is 2.32. The van der Waals surface area contributed by atoms with Crippen LogP contribution in [0.2, 0.25) is 0 Å². The van der Waals surface area contributed by atoms with Crippen LogP contribution < -0.4 is 5.32 Å². The van der Waals surface area contributed by atoms with E-state index in [4.69, 9.17) is 10.1 Å². The van der Waals surface area contributed by atoms with Gasteiger partial charge in [0.2, 0.25) is 0 Å². The zero-order valence-corrected chi connectivity index (χ0v) is 20.4. The molecule has 1 aliphatic rings. The molecule has 1 fully saturated rings. The number of benzene rings is 3. The van der Waals surface area contributed by atoms with Gasteiger partial charge in [-0.2, -0.15) is 0 Å². The van der Waals surface area contributed by atoms with Crippen LogP contribution >= 0.6 is 0 Å². The van der Waals surface area contributed by atoms with Crippen LogP contribution in [0.3, 0.4) is 0 Å². The molecule has 0 saturated carbocycles. The first kappa shape index (κ1) is 24.7. The molecule has 5 rings (SSSR count). The maximum absolute atomic E-state index is 13.8. The molecular weight excluding hydrogens is 471 g/mol. The fraction of sp³-hybridized carbons (Fsp3) is 0.241. The number of nitrogens with zero attached hydrogens (tertiary/aromatic N) is 2. The number of aliphatic carboxylic acids is 1. The van der Waals surface area contributed by atoms with Crippen LogP contribution in [0.4, 0.5) is 10.1 Å². The van der Waals surface area contributed by atoms with Crippen LogP contribution in [0.15, 0.2) is 71.7 Å². The van der Waals surface area contributed by atoms with Gasteiger partial charge in [-0.05, 0) is 47.9 Å². The standard InChI is InChI=1S/C29H29FN4O3/c30-22-8-11-24-25(17-22)33-29(37)27(24)28(21-6-1-19(2-7-21)5-12-26(35)36)32-23-9-3-20(4-10-23)18-34-15-13-31-14-16-34/h1-4,6-11,17,31,33,37H,5,12-16,18H2,(H,35,36). The first-order valence-corrected chi connectivity index (χ1v) is 12.4. The lowest BCUT2D eigenvalue weighted by molar-refractivity contribution is -0.136. The molecule has 4 aromatic rings. The lowest BCUT2D eigenvalue weighted by Crippen LogP contribution is -2.42. The molecule has 1 aliphatic heterocycles. The van der Waals surface area contributed by atoms with Crippen molar-refractivity contribution in [1.29, 1.82) is 0 Å². The molecule has 1 aromatic heterocycles. The minimum absolute atomic E-state index is 0.0510. The van der Waals surface area contributed by atoms with E-state index in [0.29, 0.717) is 28.6 Å². The van der Waals surface area contributed by atoms with E-state index in [-0.39, 0.29) is 12.3 Å². The molecule has 0 aliphatic carbocycles. The van der Waals surface area contributed by atoms with Crippen LogP contribution in [0.5, 0.6) is 5.88 Å². The van der Waals surface area contributed by atoms with Crippen LogP contribution in [-0.4, -0.2) is 58.0 Å². The molecule has 8 heteroatoms. The molecule has 0 amide bonds. The van der Waals surface area contributed by atoms with Crippen molar-refractivity contribution in [3.05, 3.63) is 94.8 Å². The van der Waals surface area contributed by atoms with E-state index in [1.807, 2.05) is 36.4 Å². The molecule has 7 nitrogen and oxygen atoms in total. The third-order valence-corrected chi connectivity index (χ3v) is 6.63. The van der Waals surface area contributed by atoms with Crippen molar-refractivity contribution in [3.8, 4) is 5.88 Å². The SMILES string of the molecule is O=C(O)CCc1ccc(C(=Nc2ccc(CN3CCNCC3)cc2)c2c(O)[nH]c3cc(F)ccc23)cc1. The summed E-state index contributed by atoms with van der Waals surface area (Å²) in [6.07, 6.45) is 0.476. The van der Waals surface area contributed by atoms with Crippen molar-refractivity contribution in [2.45, 2.75) is 19.4 Å². The Hall–Kier alpha value is -4.01. The van der Waals surface area contributed by atoms with Crippen LogP contribution in [-0.2, 0) is 17.8 Å². The van der Waals surface area contributed by atoms with Gasteiger partial charge >= 0.3 is 5.97 Å². The monoisotopic (exact) mass is 500 g/mol. The summed E-state index contributed by atoms with van der Waals surface area (Å²) in [4.78, 5) is 21.1. The van der Waals surface area contributed by atoms with Crippen molar-refractivity contribution in [2.24, 2.45) is 4.99 Å². The maximum atomic E-state index is 13.8. The number of halogens is 1. The summed E-state index contributed by atoms with van der Waals surface area (Å²) in [7, 11) is 0. The van der Waals surface area contributed by atoms with Crippen molar-refractivity contribution < 1.29 is 19.4 Å². The van der Waals surface area contributed by atoms with Gasteiger partial charge in [-0.15, -0.1) is 0 Å². The largest absolute Gasteiger partial charge is 0.494 e. The fourth-order valence-electron chi connectivity index (χ4n) is 4.67. The van der Waals surface area contributed by atoms with Gasteiger partial charge in [0.1, 0.15) is 5.82 Å². The Bertz CT molecular complexity index is 1420. The summed E-state index contributed by atoms with van der Waals surface area (Å²) in [5, 5.41) is 23.8. The molecular formula is C29H29FN4O3. The van der Waals surface area contributed by atoms with E-state index >= 15 is 0 Å². The van der Waals surface area contributed by atoms with Crippen molar-refractivity contribution in [1.82, 2.24) is 15.2 Å². The molecule has 0 radical (unpaired) electrons. The molecule has 2 heterocycles. The van der Waals surface area contributed by atoms with E-state index in [9.17, 15) is 14.3 Å². The van der Waals surface area contributed by atoms with Gasteiger partial charge in [-0.25, -0.2) is 9.38 Å². The number of hydrogen-bond acceptors (Lipinski definition) is 5. The van der Waals surface area contributed by atoms with E-state index in [2.05, 4.69) is 27.3 Å². The van der Waals surface area contributed by atoms with E-state index in [1.165, 1.54) is 17.7 Å². The highest BCUT2D eigenvalue weighted by Gasteiger charge is 2.19. The quantitative estimate of drug-likeness (QED) is 0.265. The Morgan fingerprint density at radius 3 is 2.38 bits per heavy atom. The molecule has 0 atom stereocenters. The number of piperazine rings is 1. The number of carbonyl (C=O) groups is 1. The summed E-state index contributed by atoms with van der Waals surface area (Å²) in [6, 6.07) is 19.9. The number of carboxylic acids is 1. The summed E-state index contributed by atoms with van der Waals surface area (Å²) >= 11 is 0. The Labute approximate surface area is 214 Å². The van der Waals surface area contributed by atoms with Crippen LogP contribution in [0, 0.1) is 5.82 Å². The topological polar surface area (TPSA) is 101 Å². The van der Waals surface area contributed by atoms with Crippen LogP contribution in [0.25, 0.3) is 10.9 Å². The van der Waals surface area contributed by atoms with Gasteiger partial charge in [0.25, 0.3) is 0 Å². The number of rotatable bonds is 8. The Kier molecular flexibility index (Phi) is 7.30. The molecule has 190 valence electrons. The Balaban J connectivity index is 1.51. The summed E-state index contributed by atoms with van der Waals surface area (Å²) in [5.74, 6) is -1.34. The van der Waals surface area contributed by atoms with Crippen molar-refractivity contribution in [2.75, 3.05) is 26.2 Å². The summed E-state index contributed by atoms with van der Waals surface area (Å²) < 4.78 is 13.8. The van der Waals surface area contributed by atoms with Gasteiger partial charge in [0.05, 0.1) is 22.5 Å². The van der Waals surface area contributed by atoms with Gasteiger partial charge in [0.15, 0.2) is 5.88 Å². The number of carboxylic acid groups (broad SMARTS) is 1. The number of aromatic nitrogens is 1. The molecule has 1 saturated heterocycles. The highest BCUT2D eigenvalue weighted by molar-refractivity contribution is 6.21. The summed E-state index contributed by atoms with van der Waals surface area (Å²) in [5.41, 5.74) is 5.08. The maximum Gasteiger partial charge on any atom is 0.303 e. The number of fused-ring (bicyclic) bond motifs is 1. The van der Waals surface area contributed by atoms with Crippen molar-refractivity contribution in [3.63, 3.8) is 0 Å². The highest BCUT2D eigenvalue weighted by atomic mass is 19.1. The number of aromatic hydroxyl groups is 1. The average molecular weight is 501 g/mol. The van der Waals surface area contributed by atoms with E-state index in [1.54, 1.807) is 6.07 Å². The number of aromatic amines is 1. The third kappa shape index (κ3) is 5.87. The second-order valence-electron chi connectivity index (χ2n) is 9.28. The lowest BCUT2D eigenvalue weighted by atomic mass is 9.98. The average Bonchev–Trinajstić information content (AvgIpc) is 3.22.